The number of benzene rings is 1. The normalized spacial score (nSPS) is 13.9. The molecule has 0 spiro atoms. The molecule has 3 N–H and O–H groups in total. The molecule has 0 amide bonds. The molecule has 166 valence electrons. The van der Waals surface area contributed by atoms with Crippen molar-refractivity contribution >= 4 is 33.5 Å². The van der Waals surface area contributed by atoms with E-state index in [9.17, 15) is 17.9 Å². The van der Waals surface area contributed by atoms with E-state index in [1.807, 2.05) is 20.8 Å². The summed E-state index contributed by atoms with van der Waals surface area (Å²) in [6, 6.07) is 4.13. The Morgan fingerprint density at radius 3 is 2.40 bits per heavy atom. The lowest BCUT2D eigenvalue weighted by Gasteiger charge is -2.19. The van der Waals surface area contributed by atoms with Crippen molar-refractivity contribution < 1.29 is 17.9 Å². The highest BCUT2D eigenvalue weighted by Crippen LogP contribution is 2.25. The van der Waals surface area contributed by atoms with Crippen molar-refractivity contribution in [1.82, 2.24) is 15.0 Å². The van der Waals surface area contributed by atoms with E-state index in [0.29, 0.717) is 22.9 Å². The fourth-order valence-corrected chi connectivity index (χ4v) is 3.58. The molecule has 0 saturated carbocycles. The minimum absolute atomic E-state index is 0.134. The van der Waals surface area contributed by atoms with Gasteiger partial charge in [0.1, 0.15) is 11.6 Å². The maximum absolute atomic E-state index is 14.3. The van der Waals surface area contributed by atoms with Crippen LogP contribution in [0.5, 0.6) is 0 Å². The molecule has 0 aliphatic rings. The highest BCUT2D eigenvalue weighted by molar-refractivity contribution is 7.91. The van der Waals surface area contributed by atoms with E-state index in [4.69, 9.17) is 11.6 Å². The summed E-state index contributed by atoms with van der Waals surface area (Å²) in [5, 5.41) is 12.9. The smallest absolute Gasteiger partial charge is 0.241 e. The van der Waals surface area contributed by atoms with E-state index in [2.05, 4.69) is 25.0 Å². The predicted octanol–water partition coefficient (Wildman–Crippen LogP) is 3.20. The standard InChI is InChI=1S/C19H27ClFN5O3S/c1-11(2)7-14(10-27)22-18-23-17(24-19(25-18)26-30(4,28)29)8-12(3)15-6-5-13(20)9-16(15)21/h5-6,9,11-12,14,27H,7-8,10H2,1-4H3,(H2,22,23,24,25,26)/t12?,14-/m1/s1. The lowest BCUT2D eigenvalue weighted by Crippen LogP contribution is -2.27. The Bertz CT molecular complexity index is 975. The Morgan fingerprint density at radius 1 is 1.17 bits per heavy atom. The molecule has 1 aromatic heterocycles. The van der Waals surface area contributed by atoms with Gasteiger partial charge in [0.2, 0.25) is 21.9 Å². The van der Waals surface area contributed by atoms with Gasteiger partial charge in [-0.1, -0.05) is 38.4 Å². The van der Waals surface area contributed by atoms with Crippen LogP contribution in [0.15, 0.2) is 18.2 Å². The molecule has 2 rings (SSSR count). The van der Waals surface area contributed by atoms with Gasteiger partial charge >= 0.3 is 0 Å². The molecule has 1 unspecified atom stereocenters. The second-order valence-electron chi connectivity index (χ2n) is 7.70. The molecule has 0 radical (unpaired) electrons. The van der Waals surface area contributed by atoms with E-state index in [1.54, 1.807) is 12.1 Å². The van der Waals surface area contributed by atoms with E-state index in [1.165, 1.54) is 6.07 Å². The van der Waals surface area contributed by atoms with Crippen LogP contribution in [0.25, 0.3) is 0 Å². The largest absolute Gasteiger partial charge is 0.394 e. The van der Waals surface area contributed by atoms with Gasteiger partial charge in [0, 0.05) is 11.4 Å². The van der Waals surface area contributed by atoms with Crippen LogP contribution in [-0.4, -0.2) is 47.4 Å². The Balaban J connectivity index is 2.33. The third-order valence-electron chi connectivity index (χ3n) is 4.25. The topological polar surface area (TPSA) is 117 Å². The molecule has 0 fully saturated rings. The first-order chi connectivity index (χ1) is 14.0. The van der Waals surface area contributed by atoms with E-state index in [-0.39, 0.29) is 42.7 Å². The average Bonchev–Trinajstić information content (AvgIpc) is 2.58. The number of aliphatic hydroxyl groups is 1. The van der Waals surface area contributed by atoms with Crippen LogP contribution in [-0.2, 0) is 16.4 Å². The van der Waals surface area contributed by atoms with Crippen molar-refractivity contribution in [3.63, 3.8) is 0 Å². The van der Waals surface area contributed by atoms with Gasteiger partial charge < -0.3 is 10.4 Å². The second kappa shape index (κ2) is 10.3. The Kier molecular flexibility index (Phi) is 8.34. The van der Waals surface area contributed by atoms with Crippen LogP contribution >= 0.6 is 11.6 Å². The van der Waals surface area contributed by atoms with Crippen LogP contribution in [0.4, 0.5) is 16.3 Å². The number of halogens is 2. The lowest BCUT2D eigenvalue weighted by atomic mass is 9.97. The van der Waals surface area contributed by atoms with Gasteiger partial charge in [-0.05, 0) is 36.0 Å². The van der Waals surface area contributed by atoms with Gasteiger partial charge in [-0.15, -0.1) is 0 Å². The van der Waals surface area contributed by atoms with Crippen LogP contribution < -0.4 is 10.0 Å². The van der Waals surface area contributed by atoms with Crippen molar-refractivity contribution in [1.29, 1.82) is 0 Å². The van der Waals surface area contributed by atoms with Crippen LogP contribution in [0.1, 0.15) is 44.5 Å². The first-order valence-electron chi connectivity index (χ1n) is 9.52. The third-order valence-corrected chi connectivity index (χ3v) is 5.04. The summed E-state index contributed by atoms with van der Waals surface area (Å²) in [5.74, 6) is -0.147. The summed E-state index contributed by atoms with van der Waals surface area (Å²) in [6.45, 7) is 5.70. The molecule has 2 atom stereocenters. The van der Waals surface area contributed by atoms with E-state index >= 15 is 0 Å². The molecule has 1 heterocycles. The lowest BCUT2D eigenvalue weighted by molar-refractivity contribution is 0.259. The molecular formula is C19H27ClFN5O3S. The SMILES string of the molecule is CC(C)C[C@H](CO)Nc1nc(CC(C)c2ccc(Cl)cc2F)nc(NS(C)(=O)=O)n1. The van der Waals surface area contributed by atoms with E-state index in [0.717, 1.165) is 6.26 Å². The summed E-state index contributed by atoms with van der Waals surface area (Å²) in [4.78, 5) is 12.6. The number of rotatable bonds is 10. The van der Waals surface area contributed by atoms with Crippen molar-refractivity contribution in [2.24, 2.45) is 5.92 Å². The molecule has 2 aromatic rings. The zero-order chi connectivity index (χ0) is 22.5. The quantitative estimate of drug-likeness (QED) is 0.499. The van der Waals surface area contributed by atoms with Crippen LogP contribution in [0.3, 0.4) is 0 Å². The molecule has 0 saturated heterocycles. The van der Waals surface area contributed by atoms with Gasteiger partial charge in [0.05, 0.1) is 18.9 Å². The monoisotopic (exact) mass is 459 g/mol. The minimum atomic E-state index is -3.61. The van der Waals surface area contributed by atoms with Crippen molar-refractivity contribution in [2.75, 3.05) is 22.9 Å². The zero-order valence-corrected chi connectivity index (χ0v) is 18.9. The van der Waals surface area contributed by atoms with Crippen molar-refractivity contribution in [3.8, 4) is 0 Å². The number of sulfonamides is 1. The van der Waals surface area contributed by atoms with Crippen molar-refractivity contribution in [3.05, 3.63) is 40.4 Å². The minimum Gasteiger partial charge on any atom is -0.394 e. The van der Waals surface area contributed by atoms with Gasteiger partial charge in [-0.25, -0.2) is 12.8 Å². The molecule has 8 nitrogen and oxygen atoms in total. The summed E-state index contributed by atoms with van der Waals surface area (Å²) in [5.41, 5.74) is 0.444. The Hall–Kier alpha value is -2.04. The van der Waals surface area contributed by atoms with Gasteiger partial charge in [-0.3, -0.25) is 4.72 Å². The number of nitrogens with one attached hydrogen (secondary N) is 2. The first-order valence-corrected chi connectivity index (χ1v) is 11.8. The molecule has 0 aliphatic carbocycles. The van der Waals surface area contributed by atoms with Crippen molar-refractivity contribution in [2.45, 2.75) is 45.6 Å². The van der Waals surface area contributed by atoms with Gasteiger partial charge in [-0.2, -0.15) is 15.0 Å². The molecule has 11 heteroatoms. The highest BCUT2D eigenvalue weighted by atomic mass is 35.5. The number of anilines is 2. The summed E-state index contributed by atoms with van der Waals surface area (Å²) >= 11 is 5.82. The number of hydrogen-bond acceptors (Lipinski definition) is 7. The highest BCUT2D eigenvalue weighted by Gasteiger charge is 2.18. The first kappa shape index (κ1) is 24.2. The Labute approximate surface area is 181 Å². The van der Waals surface area contributed by atoms with E-state index < -0.39 is 15.8 Å². The van der Waals surface area contributed by atoms with Crippen LogP contribution in [0.2, 0.25) is 5.02 Å². The third kappa shape index (κ3) is 7.66. The maximum Gasteiger partial charge on any atom is 0.241 e. The average molecular weight is 460 g/mol. The summed E-state index contributed by atoms with van der Waals surface area (Å²) in [7, 11) is -3.61. The molecule has 1 aromatic carbocycles. The fraction of sp³-hybridized carbons (Fsp3) is 0.526. The molecule has 0 aliphatic heterocycles. The van der Waals surface area contributed by atoms with Gasteiger partial charge in [0.15, 0.2) is 0 Å². The Morgan fingerprint density at radius 2 is 1.83 bits per heavy atom. The van der Waals surface area contributed by atoms with Crippen LogP contribution in [0, 0.1) is 11.7 Å². The molecule has 30 heavy (non-hydrogen) atoms. The second-order valence-corrected chi connectivity index (χ2v) is 9.88. The number of aromatic nitrogens is 3. The summed E-state index contributed by atoms with van der Waals surface area (Å²) in [6.07, 6.45) is 1.89. The number of hydrogen-bond donors (Lipinski definition) is 3. The molecule has 0 bridgehead atoms. The number of aliphatic hydroxyl groups excluding tert-OH is 1. The predicted molar refractivity (Wildman–Crippen MR) is 116 cm³/mol. The zero-order valence-electron chi connectivity index (χ0n) is 17.4. The molecular weight excluding hydrogens is 433 g/mol. The summed E-state index contributed by atoms with van der Waals surface area (Å²) < 4.78 is 39.8. The maximum atomic E-state index is 14.3. The fourth-order valence-electron chi connectivity index (χ4n) is 3.00. The van der Waals surface area contributed by atoms with Gasteiger partial charge in [0.25, 0.3) is 0 Å². The number of nitrogens with zero attached hydrogens (tertiary/aromatic N) is 3.